The minimum absolute atomic E-state index is 0.0621. The fourth-order valence-electron chi connectivity index (χ4n) is 4.47. The zero-order chi connectivity index (χ0) is 25.3. The van der Waals surface area contributed by atoms with E-state index >= 15 is 0 Å². The molecule has 2 aliphatic rings. The fraction of sp³-hybridized carbons (Fsp3) is 0.464. The number of carbonyl (C=O) groups is 2. The van der Waals surface area contributed by atoms with Crippen LogP contribution in [0, 0.1) is 0 Å². The Morgan fingerprint density at radius 2 is 1.94 bits per heavy atom. The average Bonchev–Trinajstić information content (AvgIpc) is 3.07. The second kappa shape index (κ2) is 12.4. The Hall–Kier alpha value is -3.35. The number of nitrogens with two attached hydrogens (primary N) is 1. The third-order valence-electron chi connectivity index (χ3n) is 6.37. The lowest BCUT2D eigenvalue weighted by atomic mass is 9.85. The van der Waals surface area contributed by atoms with E-state index in [0.717, 1.165) is 48.8 Å². The van der Waals surface area contributed by atoms with Crippen LogP contribution in [0.15, 0.2) is 65.2 Å². The zero-order valence-corrected chi connectivity index (χ0v) is 21.1. The lowest BCUT2D eigenvalue weighted by Crippen LogP contribution is -2.44. The van der Waals surface area contributed by atoms with E-state index in [0.29, 0.717) is 32.5 Å². The minimum atomic E-state index is -0.892. The molecule has 0 spiro atoms. The van der Waals surface area contributed by atoms with E-state index in [1.54, 1.807) is 4.90 Å². The van der Waals surface area contributed by atoms with Crippen LogP contribution in [-0.4, -0.2) is 34.9 Å². The predicted octanol–water partition coefficient (Wildman–Crippen LogP) is 4.70. The monoisotopic (exact) mass is 477 g/mol. The molecular formula is C28H39N5O2. The van der Waals surface area contributed by atoms with E-state index < -0.39 is 5.54 Å². The van der Waals surface area contributed by atoms with Crippen LogP contribution in [0.25, 0.3) is 0 Å². The minimum Gasteiger partial charge on any atom is -0.369 e. The van der Waals surface area contributed by atoms with Gasteiger partial charge >= 0.3 is 6.03 Å². The molecule has 1 aromatic rings. The summed E-state index contributed by atoms with van der Waals surface area (Å²) >= 11 is 0. The van der Waals surface area contributed by atoms with Crippen LogP contribution in [0.3, 0.4) is 0 Å². The number of benzene rings is 1. The molecule has 7 nitrogen and oxygen atoms in total. The Bertz CT molecular complexity index is 1010. The Labute approximate surface area is 209 Å². The van der Waals surface area contributed by atoms with E-state index in [1.807, 2.05) is 31.2 Å². The predicted molar refractivity (Wildman–Crippen MR) is 142 cm³/mol. The van der Waals surface area contributed by atoms with E-state index in [2.05, 4.69) is 42.4 Å². The summed E-state index contributed by atoms with van der Waals surface area (Å²) in [7, 11) is 0. The largest absolute Gasteiger partial charge is 0.369 e. The number of urea groups is 1. The van der Waals surface area contributed by atoms with E-state index in [9.17, 15) is 9.59 Å². The van der Waals surface area contributed by atoms with Gasteiger partial charge in [-0.3, -0.25) is 9.69 Å². The van der Waals surface area contributed by atoms with E-state index in [-0.39, 0.29) is 17.9 Å². The van der Waals surface area contributed by atoms with Gasteiger partial charge in [0.2, 0.25) is 0 Å². The second-order valence-corrected chi connectivity index (χ2v) is 9.57. The molecule has 1 atom stereocenters. The number of aliphatic imine (C=N–C) groups is 1. The van der Waals surface area contributed by atoms with Gasteiger partial charge < -0.3 is 16.4 Å². The number of rotatable bonds is 12. The number of nitrogens with zero attached hydrogens (tertiary/aromatic N) is 2. The van der Waals surface area contributed by atoms with Gasteiger partial charge in [-0.25, -0.2) is 9.79 Å². The van der Waals surface area contributed by atoms with Crippen LogP contribution in [0.4, 0.5) is 4.79 Å². The Morgan fingerprint density at radius 1 is 1.20 bits per heavy atom. The van der Waals surface area contributed by atoms with Gasteiger partial charge in [-0.15, -0.1) is 6.58 Å². The Morgan fingerprint density at radius 3 is 2.60 bits per heavy atom. The maximum atomic E-state index is 13.6. The molecular weight excluding hydrogens is 438 g/mol. The van der Waals surface area contributed by atoms with Gasteiger partial charge in [0, 0.05) is 19.5 Å². The molecule has 1 aliphatic heterocycles. The van der Waals surface area contributed by atoms with E-state index in [1.165, 1.54) is 5.57 Å². The first kappa shape index (κ1) is 26.3. The first-order chi connectivity index (χ1) is 16.8. The molecule has 7 heteroatoms. The molecule has 0 saturated heterocycles. The van der Waals surface area contributed by atoms with Crippen molar-refractivity contribution in [2.45, 2.75) is 77.4 Å². The number of carbonyl (C=O) groups excluding carboxylic acids is 2. The third kappa shape index (κ3) is 7.31. The molecule has 1 aliphatic carbocycles. The quantitative estimate of drug-likeness (QED) is 0.300. The molecule has 0 radical (unpaired) electrons. The van der Waals surface area contributed by atoms with Gasteiger partial charge in [-0.2, -0.15) is 0 Å². The third-order valence-corrected chi connectivity index (χ3v) is 6.37. The number of hydrogen-bond donors (Lipinski definition) is 3. The molecule has 1 aromatic carbocycles. The van der Waals surface area contributed by atoms with Crippen molar-refractivity contribution in [1.82, 2.24) is 15.5 Å². The van der Waals surface area contributed by atoms with Crippen LogP contribution < -0.4 is 16.4 Å². The molecule has 3 amide bonds. The summed E-state index contributed by atoms with van der Waals surface area (Å²) in [5.41, 5.74) is 9.50. The van der Waals surface area contributed by atoms with Crippen molar-refractivity contribution in [3.05, 3.63) is 71.3 Å². The zero-order valence-electron chi connectivity index (χ0n) is 21.1. The highest BCUT2D eigenvalue weighted by Crippen LogP contribution is 2.35. The molecule has 0 aromatic heterocycles. The number of nitrogens with one attached hydrogen (secondary N) is 2. The van der Waals surface area contributed by atoms with Crippen molar-refractivity contribution >= 4 is 17.9 Å². The summed E-state index contributed by atoms with van der Waals surface area (Å²) in [6, 6.07) is 7.67. The highest BCUT2D eigenvalue weighted by molar-refractivity contribution is 6.06. The van der Waals surface area contributed by atoms with Crippen LogP contribution in [0.2, 0.25) is 0 Å². The molecule has 35 heavy (non-hydrogen) atoms. The van der Waals surface area contributed by atoms with Gasteiger partial charge in [0.05, 0.1) is 6.54 Å². The summed E-state index contributed by atoms with van der Waals surface area (Å²) in [5.74, 6) is 0.201. The van der Waals surface area contributed by atoms with Crippen molar-refractivity contribution in [3.63, 3.8) is 0 Å². The Kier molecular flexibility index (Phi) is 9.29. The summed E-state index contributed by atoms with van der Waals surface area (Å²) in [5, 5.41) is 5.70. The molecule has 0 fully saturated rings. The molecule has 188 valence electrons. The van der Waals surface area contributed by atoms with Gasteiger partial charge in [0.15, 0.2) is 5.96 Å². The highest BCUT2D eigenvalue weighted by atomic mass is 16.2. The van der Waals surface area contributed by atoms with Gasteiger partial charge in [0.1, 0.15) is 5.54 Å². The second-order valence-electron chi connectivity index (χ2n) is 9.57. The van der Waals surface area contributed by atoms with Crippen molar-refractivity contribution in [1.29, 1.82) is 0 Å². The smallest absolute Gasteiger partial charge is 0.315 e. The summed E-state index contributed by atoms with van der Waals surface area (Å²) in [6.07, 6.45) is 12.6. The first-order valence-corrected chi connectivity index (χ1v) is 12.6. The number of hydrogen-bond acceptors (Lipinski definition) is 4. The molecule has 1 heterocycles. The van der Waals surface area contributed by atoms with Gasteiger partial charge in [0.25, 0.3) is 5.91 Å². The molecule has 4 N–H and O–H groups in total. The van der Waals surface area contributed by atoms with Crippen molar-refractivity contribution in [2.75, 3.05) is 6.54 Å². The SMILES string of the molecule is C=C(C)CC1(CCC2=CCCC=C2)N=C(N)N(Cc2ccc(CNC(=O)NCCCC)cc2)C1=O. The topological polar surface area (TPSA) is 99.8 Å². The summed E-state index contributed by atoms with van der Waals surface area (Å²) in [4.78, 5) is 31.7. The van der Waals surface area contributed by atoms with Gasteiger partial charge in [-0.05, 0) is 50.2 Å². The number of allylic oxidation sites excluding steroid dienone is 4. The van der Waals surface area contributed by atoms with E-state index in [4.69, 9.17) is 10.7 Å². The lowest BCUT2D eigenvalue weighted by Gasteiger charge is -2.27. The highest BCUT2D eigenvalue weighted by Gasteiger charge is 2.47. The van der Waals surface area contributed by atoms with Crippen LogP contribution in [-0.2, 0) is 17.9 Å². The normalized spacial score (nSPS) is 19.4. The Balaban J connectivity index is 1.61. The summed E-state index contributed by atoms with van der Waals surface area (Å²) < 4.78 is 0. The molecule has 0 bridgehead atoms. The lowest BCUT2D eigenvalue weighted by molar-refractivity contribution is -0.131. The van der Waals surface area contributed by atoms with Crippen molar-refractivity contribution in [3.8, 4) is 0 Å². The number of unbranched alkanes of at least 4 members (excludes halogenated alkanes) is 1. The molecule has 3 rings (SSSR count). The number of amides is 3. The van der Waals surface area contributed by atoms with Gasteiger partial charge in [-0.1, -0.05) is 67.0 Å². The van der Waals surface area contributed by atoms with Crippen LogP contribution in [0.1, 0.15) is 69.9 Å². The maximum absolute atomic E-state index is 13.6. The fourth-order valence-corrected chi connectivity index (χ4v) is 4.47. The van der Waals surface area contributed by atoms with Crippen molar-refractivity contribution in [2.24, 2.45) is 10.7 Å². The summed E-state index contributed by atoms with van der Waals surface area (Å²) in [6.45, 7) is 9.54. The molecule has 1 unspecified atom stereocenters. The standard InChI is InChI=1S/C28H39N5O2/c1-4-5-17-30-27(35)31-19-23-11-13-24(14-12-23)20-33-25(34)28(18-21(2)3,32-26(33)29)16-15-22-9-7-6-8-10-22/h7,9-14H,2,4-6,8,15-20H2,1,3H3,(H2,29,32)(H2,30,31,35). The van der Waals surface area contributed by atoms with Crippen LogP contribution >= 0.6 is 0 Å². The van der Waals surface area contributed by atoms with Crippen molar-refractivity contribution < 1.29 is 9.59 Å². The number of guanidine groups is 1. The average molecular weight is 478 g/mol. The first-order valence-electron chi connectivity index (χ1n) is 12.6. The van der Waals surface area contributed by atoms with Crippen LogP contribution in [0.5, 0.6) is 0 Å². The maximum Gasteiger partial charge on any atom is 0.315 e. The molecule has 0 saturated carbocycles.